The fraction of sp³-hybridized carbons (Fsp3) is 1.00. The van der Waals surface area contributed by atoms with E-state index in [1.165, 1.54) is 64.7 Å². The van der Waals surface area contributed by atoms with Crippen LogP contribution in [0.4, 0.5) is 0 Å². The van der Waals surface area contributed by atoms with Gasteiger partial charge in [-0.2, -0.15) is 0 Å². The lowest BCUT2D eigenvalue weighted by atomic mass is 9.83. The molecular weight excluding hydrogens is 246 g/mol. The fourth-order valence-corrected chi connectivity index (χ4v) is 3.59. The summed E-state index contributed by atoms with van der Waals surface area (Å²) in [5.41, 5.74) is 6.52. The highest BCUT2D eigenvalue weighted by Gasteiger charge is 2.39. The van der Waals surface area contributed by atoms with Gasteiger partial charge in [0.05, 0.1) is 0 Å². The second kappa shape index (κ2) is 9.01. The molecule has 20 heavy (non-hydrogen) atoms. The lowest BCUT2D eigenvalue weighted by molar-refractivity contribution is -0.000932. The summed E-state index contributed by atoms with van der Waals surface area (Å²) in [7, 11) is 0. The van der Waals surface area contributed by atoms with E-state index in [0.29, 0.717) is 6.04 Å². The van der Waals surface area contributed by atoms with Gasteiger partial charge in [-0.3, -0.25) is 4.90 Å². The molecule has 3 nitrogen and oxygen atoms in total. The summed E-state index contributed by atoms with van der Waals surface area (Å²) in [6.07, 6.45) is 7.56. The summed E-state index contributed by atoms with van der Waals surface area (Å²) in [4.78, 5) is 5.36. The molecule has 2 N–H and O–H groups in total. The second-order valence-corrected chi connectivity index (χ2v) is 6.57. The van der Waals surface area contributed by atoms with Crippen molar-refractivity contribution in [2.45, 2.75) is 77.8 Å². The van der Waals surface area contributed by atoms with E-state index in [0.717, 1.165) is 6.54 Å². The van der Waals surface area contributed by atoms with Crippen molar-refractivity contribution >= 4 is 0 Å². The Labute approximate surface area is 126 Å². The van der Waals surface area contributed by atoms with E-state index in [1.807, 2.05) is 0 Å². The third-order valence-electron chi connectivity index (χ3n) is 5.19. The van der Waals surface area contributed by atoms with E-state index in [1.54, 1.807) is 0 Å². The Bertz CT molecular complexity index is 247. The van der Waals surface area contributed by atoms with Crippen molar-refractivity contribution < 1.29 is 0 Å². The molecule has 1 fully saturated rings. The lowest BCUT2D eigenvalue weighted by Crippen LogP contribution is -2.61. The van der Waals surface area contributed by atoms with Crippen molar-refractivity contribution in [2.24, 2.45) is 5.73 Å². The molecule has 0 aromatic carbocycles. The van der Waals surface area contributed by atoms with Gasteiger partial charge in [0.2, 0.25) is 0 Å². The highest BCUT2D eigenvalue weighted by Crippen LogP contribution is 2.31. The van der Waals surface area contributed by atoms with Crippen LogP contribution in [0.25, 0.3) is 0 Å². The quantitative estimate of drug-likeness (QED) is 0.706. The Morgan fingerprint density at radius 2 is 1.80 bits per heavy atom. The van der Waals surface area contributed by atoms with E-state index >= 15 is 0 Å². The highest BCUT2D eigenvalue weighted by molar-refractivity contribution is 4.98. The molecule has 1 rings (SSSR count). The van der Waals surface area contributed by atoms with Crippen LogP contribution in [0.15, 0.2) is 0 Å². The highest BCUT2D eigenvalue weighted by atomic mass is 15.3. The topological polar surface area (TPSA) is 32.5 Å². The first kappa shape index (κ1) is 17.9. The summed E-state index contributed by atoms with van der Waals surface area (Å²) in [6.45, 7) is 15.0. The van der Waals surface area contributed by atoms with Crippen LogP contribution in [0.1, 0.15) is 66.2 Å². The zero-order valence-electron chi connectivity index (χ0n) is 14.3. The average molecular weight is 284 g/mol. The van der Waals surface area contributed by atoms with Gasteiger partial charge >= 0.3 is 0 Å². The first-order valence-corrected chi connectivity index (χ1v) is 8.82. The Kier molecular flexibility index (Phi) is 8.08. The number of rotatable bonds is 9. The Morgan fingerprint density at radius 3 is 2.25 bits per heavy atom. The van der Waals surface area contributed by atoms with Gasteiger partial charge in [0, 0.05) is 18.1 Å². The van der Waals surface area contributed by atoms with Crippen LogP contribution in [0.5, 0.6) is 0 Å². The molecule has 1 aliphatic heterocycles. The maximum Gasteiger partial charge on any atom is 0.0358 e. The predicted molar refractivity (Wildman–Crippen MR) is 89.1 cm³/mol. The summed E-state index contributed by atoms with van der Waals surface area (Å²) in [5.74, 6) is 0. The summed E-state index contributed by atoms with van der Waals surface area (Å²) < 4.78 is 0. The number of nitrogens with zero attached hydrogens (tertiary/aromatic N) is 2. The van der Waals surface area contributed by atoms with Crippen LogP contribution in [0, 0.1) is 0 Å². The van der Waals surface area contributed by atoms with Gasteiger partial charge in [0.15, 0.2) is 0 Å². The largest absolute Gasteiger partial charge is 0.329 e. The number of likely N-dealkylation sites (tertiary alicyclic amines) is 1. The summed E-state index contributed by atoms with van der Waals surface area (Å²) in [5, 5.41) is 0. The van der Waals surface area contributed by atoms with E-state index in [2.05, 4.69) is 37.5 Å². The number of hydrogen-bond donors (Lipinski definition) is 1. The molecule has 0 aromatic rings. The minimum absolute atomic E-state index is 0.259. The summed E-state index contributed by atoms with van der Waals surface area (Å²) in [6, 6.07) is 0.655. The minimum atomic E-state index is 0.259. The van der Waals surface area contributed by atoms with Crippen LogP contribution in [0.2, 0.25) is 0 Å². The van der Waals surface area contributed by atoms with Crippen LogP contribution in [-0.4, -0.2) is 54.1 Å². The normalized spacial score (nSPS) is 21.3. The van der Waals surface area contributed by atoms with Gasteiger partial charge in [0.25, 0.3) is 0 Å². The van der Waals surface area contributed by atoms with Crippen molar-refractivity contribution in [2.75, 3.05) is 32.7 Å². The van der Waals surface area contributed by atoms with Crippen LogP contribution in [-0.2, 0) is 0 Å². The lowest BCUT2D eigenvalue weighted by Gasteiger charge is -2.51. The molecule has 1 aliphatic rings. The standard InChI is InChI=1S/C17H37N3/c1-5-8-12-20(16(4)7-3)17(15-18)9-13-19(11-6-2)14-10-17/h16H,5-15,18H2,1-4H3. The third-order valence-corrected chi connectivity index (χ3v) is 5.19. The summed E-state index contributed by atoms with van der Waals surface area (Å²) >= 11 is 0. The van der Waals surface area contributed by atoms with Crippen LogP contribution >= 0.6 is 0 Å². The zero-order chi connectivity index (χ0) is 15.0. The van der Waals surface area contributed by atoms with Crippen LogP contribution in [0.3, 0.4) is 0 Å². The van der Waals surface area contributed by atoms with Crippen molar-refractivity contribution in [1.82, 2.24) is 9.80 Å². The Hall–Kier alpha value is -0.120. The second-order valence-electron chi connectivity index (χ2n) is 6.57. The van der Waals surface area contributed by atoms with Gasteiger partial charge in [0.1, 0.15) is 0 Å². The van der Waals surface area contributed by atoms with Gasteiger partial charge in [-0.05, 0) is 65.2 Å². The van der Waals surface area contributed by atoms with Gasteiger partial charge < -0.3 is 10.6 Å². The Balaban J connectivity index is 2.73. The molecule has 0 spiro atoms. The van der Waals surface area contributed by atoms with E-state index in [-0.39, 0.29) is 5.54 Å². The third kappa shape index (κ3) is 4.44. The number of piperidine rings is 1. The molecule has 1 heterocycles. The van der Waals surface area contributed by atoms with Crippen molar-refractivity contribution in [3.05, 3.63) is 0 Å². The fourth-order valence-electron chi connectivity index (χ4n) is 3.59. The molecule has 0 aliphatic carbocycles. The molecule has 1 saturated heterocycles. The molecule has 1 unspecified atom stereocenters. The smallest absolute Gasteiger partial charge is 0.0358 e. The van der Waals surface area contributed by atoms with Crippen molar-refractivity contribution in [3.63, 3.8) is 0 Å². The van der Waals surface area contributed by atoms with Gasteiger partial charge in [-0.25, -0.2) is 0 Å². The number of nitrogens with two attached hydrogens (primary N) is 1. The molecular formula is C17H37N3. The number of hydrogen-bond acceptors (Lipinski definition) is 3. The van der Waals surface area contributed by atoms with E-state index in [9.17, 15) is 0 Å². The number of unbranched alkanes of at least 4 members (excludes halogenated alkanes) is 1. The SMILES string of the molecule is CCCCN(C(C)CC)C1(CN)CCN(CCC)CC1. The average Bonchev–Trinajstić information content (AvgIpc) is 2.49. The molecule has 0 aromatic heterocycles. The van der Waals surface area contributed by atoms with Crippen LogP contribution < -0.4 is 5.73 Å². The first-order chi connectivity index (χ1) is 9.63. The van der Waals surface area contributed by atoms with Gasteiger partial charge in [-0.1, -0.05) is 27.2 Å². The molecule has 0 radical (unpaired) electrons. The zero-order valence-corrected chi connectivity index (χ0v) is 14.3. The molecule has 3 heteroatoms. The molecule has 0 amide bonds. The Morgan fingerprint density at radius 1 is 1.15 bits per heavy atom. The molecule has 0 bridgehead atoms. The van der Waals surface area contributed by atoms with Crippen molar-refractivity contribution in [1.29, 1.82) is 0 Å². The predicted octanol–water partition coefficient (Wildman–Crippen LogP) is 3.09. The van der Waals surface area contributed by atoms with E-state index < -0.39 is 0 Å². The molecule has 120 valence electrons. The van der Waals surface area contributed by atoms with Crippen molar-refractivity contribution in [3.8, 4) is 0 Å². The first-order valence-electron chi connectivity index (χ1n) is 8.82. The maximum absolute atomic E-state index is 6.26. The minimum Gasteiger partial charge on any atom is -0.329 e. The van der Waals surface area contributed by atoms with Gasteiger partial charge in [-0.15, -0.1) is 0 Å². The maximum atomic E-state index is 6.26. The molecule has 0 saturated carbocycles. The van der Waals surface area contributed by atoms with E-state index in [4.69, 9.17) is 5.73 Å². The molecule has 1 atom stereocenters. The monoisotopic (exact) mass is 283 g/mol.